The highest BCUT2D eigenvalue weighted by Gasteiger charge is 2.24. The van der Waals surface area contributed by atoms with Crippen LogP contribution in [0, 0.1) is 0 Å². The third kappa shape index (κ3) is 3.71. The Balaban J connectivity index is 1.36. The molecule has 0 aliphatic carbocycles. The number of rotatable bonds is 4. The second-order valence-corrected chi connectivity index (χ2v) is 6.33. The van der Waals surface area contributed by atoms with Crippen LogP contribution >= 0.6 is 0 Å². The summed E-state index contributed by atoms with van der Waals surface area (Å²) in [5.74, 6) is 0.0477. The summed E-state index contributed by atoms with van der Waals surface area (Å²) in [7, 11) is 0. The van der Waals surface area contributed by atoms with E-state index >= 15 is 0 Å². The third-order valence-corrected chi connectivity index (χ3v) is 4.54. The van der Waals surface area contributed by atoms with Crippen molar-refractivity contribution < 1.29 is 18.3 Å². The van der Waals surface area contributed by atoms with Crippen LogP contribution in [0.15, 0.2) is 42.5 Å². The molecule has 0 atom stereocenters. The first-order valence-corrected chi connectivity index (χ1v) is 8.83. The van der Waals surface area contributed by atoms with Crippen LogP contribution in [-0.4, -0.2) is 57.0 Å². The Morgan fingerprint density at radius 2 is 1.79 bits per heavy atom. The van der Waals surface area contributed by atoms with Gasteiger partial charge in [0.15, 0.2) is 5.65 Å². The zero-order chi connectivity index (χ0) is 19.5. The molecule has 0 unspecified atom stereocenters. The molecular formula is C18H18F2N6O2. The molecule has 0 N–H and O–H groups in total. The molecule has 1 aliphatic rings. The summed E-state index contributed by atoms with van der Waals surface area (Å²) in [6.07, 6.45) is -3.13. The minimum atomic E-state index is -2.76. The summed E-state index contributed by atoms with van der Waals surface area (Å²) in [5.41, 5.74) is 1.19. The van der Waals surface area contributed by atoms with E-state index < -0.39 is 12.2 Å². The molecule has 3 heterocycles. The van der Waals surface area contributed by atoms with Crippen LogP contribution in [0.4, 0.5) is 19.4 Å². The Morgan fingerprint density at radius 1 is 1.04 bits per heavy atom. The normalized spacial score (nSPS) is 14.7. The highest BCUT2D eigenvalue weighted by Crippen LogP contribution is 2.20. The molecule has 4 rings (SSSR count). The molecule has 1 aromatic carbocycles. The van der Waals surface area contributed by atoms with Crippen LogP contribution in [0.2, 0.25) is 0 Å². The standard InChI is InChI=1S/C18H18F2N6O2/c19-16(20)17-22-21-14-6-7-15(23-26(14)17)24-8-10-25(11-9-24)18(27)28-12-13-4-2-1-3-5-13/h1-7,16H,8-12H2. The van der Waals surface area contributed by atoms with Gasteiger partial charge in [-0.2, -0.15) is 4.52 Å². The van der Waals surface area contributed by atoms with Crippen LogP contribution < -0.4 is 4.90 Å². The van der Waals surface area contributed by atoms with Gasteiger partial charge in [0.05, 0.1) is 0 Å². The molecule has 2 aromatic heterocycles. The van der Waals surface area contributed by atoms with Crippen LogP contribution in [0.3, 0.4) is 0 Å². The number of anilines is 1. The third-order valence-electron chi connectivity index (χ3n) is 4.54. The molecule has 8 nitrogen and oxygen atoms in total. The quantitative estimate of drug-likeness (QED) is 0.684. The summed E-state index contributed by atoms with van der Waals surface area (Å²) in [5, 5.41) is 11.4. The molecular weight excluding hydrogens is 370 g/mol. The van der Waals surface area contributed by atoms with E-state index in [0.29, 0.717) is 32.0 Å². The van der Waals surface area contributed by atoms with Gasteiger partial charge in [0.2, 0.25) is 5.82 Å². The molecule has 28 heavy (non-hydrogen) atoms. The van der Waals surface area contributed by atoms with Crippen LogP contribution in [0.1, 0.15) is 17.8 Å². The molecule has 3 aromatic rings. The summed E-state index contributed by atoms with van der Waals surface area (Å²) < 4.78 is 32.4. The highest BCUT2D eigenvalue weighted by atomic mass is 19.3. The molecule has 0 spiro atoms. The van der Waals surface area contributed by atoms with E-state index in [2.05, 4.69) is 15.3 Å². The fraction of sp³-hybridized carbons (Fsp3) is 0.333. The van der Waals surface area contributed by atoms with Crippen molar-refractivity contribution in [3.05, 3.63) is 53.9 Å². The van der Waals surface area contributed by atoms with E-state index in [4.69, 9.17) is 4.74 Å². The topological polar surface area (TPSA) is 75.9 Å². The number of hydrogen-bond donors (Lipinski definition) is 0. The second-order valence-electron chi connectivity index (χ2n) is 6.33. The van der Waals surface area contributed by atoms with Crippen molar-refractivity contribution in [2.75, 3.05) is 31.1 Å². The van der Waals surface area contributed by atoms with Gasteiger partial charge in [-0.3, -0.25) is 0 Å². The largest absolute Gasteiger partial charge is 0.445 e. The predicted molar refractivity (Wildman–Crippen MR) is 96.2 cm³/mol. The molecule has 1 fully saturated rings. The molecule has 0 saturated carbocycles. The number of aromatic nitrogens is 4. The number of alkyl halides is 2. The fourth-order valence-corrected chi connectivity index (χ4v) is 3.03. The maximum absolute atomic E-state index is 13.0. The molecule has 1 aliphatic heterocycles. The summed E-state index contributed by atoms with van der Waals surface area (Å²) in [6.45, 7) is 2.17. The van der Waals surface area contributed by atoms with Crippen molar-refractivity contribution in [3.8, 4) is 0 Å². The Bertz CT molecular complexity index is 957. The van der Waals surface area contributed by atoms with Crippen LogP contribution in [0.5, 0.6) is 0 Å². The fourth-order valence-electron chi connectivity index (χ4n) is 3.03. The molecule has 1 saturated heterocycles. The van der Waals surface area contributed by atoms with Crippen molar-refractivity contribution in [1.29, 1.82) is 0 Å². The Labute approximate surface area is 159 Å². The number of fused-ring (bicyclic) bond motifs is 1. The van der Waals surface area contributed by atoms with E-state index in [0.717, 1.165) is 10.1 Å². The van der Waals surface area contributed by atoms with Crippen molar-refractivity contribution in [2.24, 2.45) is 0 Å². The van der Waals surface area contributed by atoms with Crippen molar-refractivity contribution in [2.45, 2.75) is 13.0 Å². The van der Waals surface area contributed by atoms with E-state index in [1.165, 1.54) is 0 Å². The smallest absolute Gasteiger partial charge is 0.410 e. The van der Waals surface area contributed by atoms with E-state index in [1.54, 1.807) is 17.0 Å². The lowest BCUT2D eigenvalue weighted by Gasteiger charge is -2.34. The first kappa shape index (κ1) is 18.1. The van der Waals surface area contributed by atoms with Gasteiger partial charge in [-0.15, -0.1) is 15.3 Å². The minimum Gasteiger partial charge on any atom is -0.445 e. The summed E-state index contributed by atoms with van der Waals surface area (Å²) in [4.78, 5) is 15.8. The molecule has 0 bridgehead atoms. The molecule has 1 amide bonds. The summed E-state index contributed by atoms with van der Waals surface area (Å²) in [6, 6.07) is 12.8. The second kappa shape index (κ2) is 7.75. The maximum Gasteiger partial charge on any atom is 0.410 e. The Kier molecular flexibility index (Phi) is 5.00. The Morgan fingerprint density at radius 3 is 2.50 bits per heavy atom. The number of halogens is 2. The van der Waals surface area contributed by atoms with Gasteiger partial charge in [0, 0.05) is 26.2 Å². The zero-order valence-corrected chi connectivity index (χ0v) is 14.9. The maximum atomic E-state index is 13.0. The highest BCUT2D eigenvalue weighted by molar-refractivity contribution is 5.68. The number of benzene rings is 1. The molecule has 10 heteroatoms. The SMILES string of the molecule is O=C(OCc1ccccc1)N1CCN(c2ccc3nnc(C(F)F)n3n2)CC1. The number of piperazine rings is 1. The number of amides is 1. The lowest BCUT2D eigenvalue weighted by atomic mass is 10.2. The zero-order valence-electron chi connectivity index (χ0n) is 14.9. The van der Waals surface area contributed by atoms with Gasteiger partial charge in [-0.25, -0.2) is 13.6 Å². The average Bonchev–Trinajstić information content (AvgIpc) is 3.16. The number of ether oxygens (including phenoxy) is 1. The number of carbonyl (C=O) groups is 1. The van der Waals surface area contributed by atoms with E-state index in [-0.39, 0.29) is 18.3 Å². The lowest BCUT2D eigenvalue weighted by molar-refractivity contribution is 0.0941. The van der Waals surface area contributed by atoms with E-state index in [9.17, 15) is 13.6 Å². The summed E-state index contributed by atoms with van der Waals surface area (Å²) >= 11 is 0. The van der Waals surface area contributed by atoms with Crippen molar-refractivity contribution >= 4 is 17.6 Å². The number of hydrogen-bond acceptors (Lipinski definition) is 6. The molecule has 146 valence electrons. The van der Waals surface area contributed by atoms with Gasteiger partial charge in [0.25, 0.3) is 6.43 Å². The Hall–Kier alpha value is -3.30. The van der Waals surface area contributed by atoms with Gasteiger partial charge < -0.3 is 14.5 Å². The van der Waals surface area contributed by atoms with E-state index in [1.807, 2.05) is 35.2 Å². The average molecular weight is 388 g/mol. The van der Waals surface area contributed by atoms with Gasteiger partial charge in [0.1, 0.15) is 12.4 Å². The lowest BCUT2D eigenvalue weighted by Crippen LogP contribution is -2.49. The van der Waals surface area contributed by atoms with Gasteiger partial charge in [-0.1, -0.05) is 30.3 Å². The first-order valence-electron chi connectivity index (χ1n) is 8.83. The van der Waals surface area contributed by atoms with Crippen LogP contribution in [0.25, 0.3) is 5.65 Å². The molecule has 0 radical (unpaired) electrons. The van der Waals surface area contributed by atoms with Gasteiger partial charge in [-0.05, 0) is 17.7 Å². The van der Waals surface area contributed by atoms with Gasteiger partial charge >= 0.3 is 6.09 Å². The minimum absolute atomic E-state index is 0.224. The number of nitrogens with zero attached hydrogens (tertiary/aromatic N) is 6. The van der Waals surface area contributed by atoms with Crippen LogP contribution in [-0.2, 0) is 11.3 Å². The first-order chi connectivity index (χ1) is 13.6. The predicted octanol–water partition coefficient (Wildman–Crippen LogP) is 2.52. The van der Waals surface area contributed by atoms with Crippen molar-refractivity contribution in [3.63, 3.8) is 0 Å². The van der Waals surface area contributed by atoms with Crippen molar-refractivity contribution in [1.82, 2.24) is 24.7 Å². The number of carbonyl (C=O) groups excluding carboxylic acids is 1. The monoisotopic (exact) mass is 388 g/mol.